The SMILES string of the molecule is Cc1cncc(C(=O)c2cc(C)ccc2C)c1. The van der Waals surface area contributed by atoms with Gasteiger partial charge in [0.1, 0.15) is 0 Å². The summed E-state index contributed by atoms with van der Waals surface area (Å²) in [6, 6.07) is 7.80. The lowest BCUT2D eigenvalue weighted by Crippen LogP contribution is -2.05. The molecular weight excluding hydrogens is 210 g/mol. The molecule has 0 aliphatic heterocycles. The molecule has 0 unspecified atom stereocenters. The van der Waals surface area contributed by atoms with Crippen molar-refractivity contribution in [3.63, 3.8) is 0 Å². The fraction of sp³-hybridized carbons (Fsp3) is 0.200. The van der Waals surface area contributed by atoms with Crippen LogP contribution in [-0.4, -0.2) is 10.8 Å². The quantitative estimate of drug-likeness (QED) is 0.734. The number of hydrogen-bond donors (Lipinski definition) is 0. The van der Waals surface area contributed by atoms with Gasteiger partial charge in [-0.2, -0.15) is 0 Å². The molecule has 2 aromatic rings. The van der Waals surface area contributed by atoms with Crippen molar-refractivity contribution in [2.75, 3.05) is 0 Å². The number of benzene rings is 1. The zero-order valence-electron chi connectivity index (χ0n) is 10.3. The fourth-order valence-corrected chi connectivity index (χ4v) is 1.82. The molecular formula is C15H15NO. The standard InChI is InChI=1S/C15H15NO/c1-10-4-5-12(3)14(7-10)15(17)13-6-11(2)8-16-9-13/h4-9H,1-3H3. The summed E-state index contributed by atoms with van der Waals surface area (Å²) in [6.45, 7) is 5.88. The Labute approximate surface area is 101 Å². The van der Waals surface area contributed by atoms with Gasteiger partial charge in [-0.25, -0.2) is 0 Å². The molecule has 2 nitrogen and oxygen atoms in total. The van der Waals surface area contributed by atoms with Crippen molar-refractivity contribution in [1.82, 2.24) is 4.98 Å². The average Bonchev–Trinajstić information content (AvgIpc) is 2.31. The van der Waals surface area contributed by atoms with E-state index in [0.717, 1.165) is 22.3 Å². The van der Waals surface area contributed by atoms with Crippen LogP contribution in [0, 0.1) is 20.8 Å². The van der Waals surface area contributed by atoms with Crippen LogP contribution in [0.15, 0.2) is 36.7 Å². The average molecular weight is 225 g/mol. The topological polar surface area (TPSA) is 30.0 Å². The third kappa shape index (κ3) is 2.41. The van der Waals surface area contributed by atoms with E-state index < -0.39 is 0 Å². The van der Waals surface area contributed by atoms with Gasteiger partial charge in [0.15, 0.2) is 5.78 Å². The molecule has 0 N–H and O–H groups in total. The number of pyridine rings is 1. The van der Waals surface area contributed by atoms with Crippen LogP contribution >= 0.6 is 0 Å². The number of carbonyl (C=O) groups is 1. The highest BCUT2D eigenvalue weighted by atomic mass is 16.1. The number of aromatic nitrogens is 1. The number of nitrogens with zero attached hydrogens (tertiary/aromatic N) is 1. The Hall–Kier alpha value is -1.96. The maximum Gasteiger partial charge on any atom is 0.194 e. The highest BCUT2D eigenvalue weighted by Gasteiger charge is 2.12. The van der Waals surface area contributed by atoms with Gasteiger partial charge in [-0.1, -0.05) is 17.7 Å². The first-order valence-corrected chi connectivity index (χ1v) is 5.61. The van der Waals surface area contributed by atoms with Gasteiger partial charge in [-0.05, 0) is 44.0 Å². The first-order valence-electron chi connectivity index (χ1n) is 5.61. The van der Waals surface area contributed by atoms with Crippen molar-refractivity contribution in [2.45, 2.75) is 20.8 Å². The first-order chi connectivity index (χ1) is 8.08. The van der Waals surface area contributed by atoms with E-state index in [9.17, 15) is 4.79 Å². The van der Waals surface area contributed by atoms with Gasteiger partial charge in [-0.3, -0.25) is 9.78 Å². The van der Waals surface area contributed by atoms with E-state index in [0.29, 0.717) is 5.56 Å². The maximum absolute atomic E-state index is 12.3. The van der Waals surface area contributed by atoms with E-state index in [2.05, 4.69) is 4.98 Å². The fourth-order valence-electron chi connectivity index (χ4n) is 1.82. The van der Waals surface area contributed by atoms with Gasteiger partial charge in [0.25, 0.3) is 0 Å². The molecule has 2 heteroatoms. The molecule has 0 saturated heterocycles. The van der Waals surface area contributed by atoms with Crippen molar-refractivity contribution < 1.29 is 4.79 Å². The predicted molar refractivity (Wildman–Crippen MR) is 68.3 cm³/mol. The van der Waals surface area contributed by atoms with Crippen LogP contribution in [0.2, 0.25) is 0 Å². The Bertz CT molecular complexity index is 573. The van der Waals surface area contributed by atoms with E-state index >= 15 is 0 Å². The van der Waals surface area contributed by atoms with Gasteiger partial charge in [0, 0.05) is 23.5 Å². The number of hydrogen-bond acceptors (Lipinski definition) is 2. The Morgan fingerprint density at radius 1 is 1.00 bits per heavy atom. The molecule has 86 valence electrons. The zero-order chi connectivity index (χ0) is 12.4. The number of rotatable bonds is 2. The third-order valence-corrected chi connectivity index (χ3v) is 2.77. The molecule has 0 radical (unpaired) electrons. The largest absolute Gasteiger partial charge is 0.289 e. The molecule has 2 rings (SSSR count). The van der Waals surface area contributed by atoms with Crippen LogP contribution in [0.4, 0.5) is 0 Å². The first kappa shape index (κ1) is 11.5. The van der Waals surface area contributed by atoms with Crippen molar-refractivity contribution in [3.05, 3.63) is 64.5 Å². The molecule has 0 amide bonds. The lowest BCUT2D eigenvalue weighted by Gasteiger charge is -2.06. The summed E-state index contributed by atoms with van der Waals surface area (Å²) in [7, 11) is 0. The van der Waals surface area contributed by atoms with E-state index in [4.69, 9.17) is 0 Å². The van der Waals surface area contributed by atoms with Crippen molar-refractivity contribution in [2.24, 2.45) is 0 Å². The summed E-state index contributed by atoms with van der Waals surface area (Å²) in [4.78, 5) is 16.4. The van der Waals surface area contributed by atoms with Gasteiger partial charge < -0.3 is 0 Å². The van der Waals surface area contributed by atoms with Gasteiger partial charge in [-0.15, -0.1) is 0 Å². The van der Waals surface area contributed by atoms with E-state index in [-0.39, 0.29) is 5.78 Å². The smallest absolute Gasteiger partial charge is 0.194 e. The van der Waals surface area contributed by atoms with Crippen LogP contribution in [0.1, 0.15) is 32.6 Å². The molecule has 17 heavy (non-hydrogen) atoms. The summed E-state index contributed by atoms with van der Waals surface area (Å²) < 4.78 is 0. The third-order valence-electron chi connectivity index (χ3n) is 2.77. The lowest BCUT2D eigenvalue weighted by molar-refractivity contribution is 0.103. The second kappa shape index (κ2) is 4.50. The summed E-state index contributed by atoms with van der Waals surface area (Å²) in [5.41, 5.74) is 4.51. The van der Waals surface area contributed by atoms with Crippen LogP contribution in [0.5, 0.6) is 0 Å². The molecule has 0 bridgehead atoms. The van der Waals surface area contributed by atoms with Crippen molar-refractivity contribution >= 4 is 5.78 Å². The molecule has 0 atom stereocenters. The normalized spacial score (nSPS) is 10.3. The Morgan fingerprint density at radius 3 is 2.47 bits per heavy atom. The predicted octanol–water partition coefficient (Wildman–Crippen LogP) is 3.24. The van der Waals surface area contributed by atoms with Crippen LogP contribution < -0.4 is 0 Å². The van der Waals surface area contributed by atoms with Crippen LogP contribution in [0.3, 0.4) is 0 Å². The Kier molecular flexibility index (Phi) is 3.05. The monoisotopic (exact) mass is 225 g/mol. The van der Waals surface area contributed by atoms with Crippen molar-refractivity contribution in [1.29, 1.82) is 0 Å². The second-order valence-electron chi connectivity index (χ2n) is 4.40. The van der Waals surface area contributed by atoms with E-state index in [1.807, 2.05) is 45.0 Å². The molecule has 1 heterocycles. The molecule has 0 aliphatic carbocycles. The zero-order valence-corrected chi connectivity index (χ0v) is 10.3. The summed E-state index contributed by atoms with van der Waals surface area (Å²) in [5, 5.41) is 0. The molecule has 0 fully saturated rings. The van der Waals surface area contributed by atoms with Gasteiger partial charge in [0.05, 0.1) is 0 Å². The van der Waals surface area contributed by atoms with E-state index in [1.54, 1.807) is 12.4 Å². The maximum atomic E-state index is 12.3. The number of ketones is 1. The Balaban J connectivity index is 2.47. The van der Waals surface area contributed by atoms with Gasteiger partial charge in [0.2, 0.25) is 0 Å². The Morgan fingerprint density at radius 2 is 1.76 bits per heavy atom. The highest BCUT2D eigenvalue weighted by molar-refractivity contribution is 6.09. The van der Waals surface area contributed by atoms with Crippen LogP contribution in [0.25, 0.3) is 0 Å². The number of carbonyl (C=O) groups excluding carboxylic acids is 1. The summed E-state index contributed by atoms with van der Waals surface area (Å²) >= 11 is 0. The minimum Gasteiger partial charge on any atom is -0.289 e. The molecule has 1 aromatic heterocycles. The van der Waals surface area contributed by atoms with Crippen molar-refractivity contribution in [3.8, 4) is 0 Å². The highest BCUT2D eigenvalue weighted by Crippen LogP contribution is 2.16. The number of aryl methyl sites for hydroxylation is 3. The molecule has 0 aliphatic rings. The van der Waals surface area contributed by atoms with Crippen LogP contribution in [-0.2, 0) is 0 Å². The molecule has 0 saturated carbocycles. The molecule has 0 spiro atoms. The molecule has 1 aromatic carbocycles. The summed E-state index contributed by atoms with van der Waals surface area (Å²) in [6.07, 6.45) is 3.37. The van der Waals surface area contributed by atoms with E-state index in [1.165, 1.54) is 0 Å². The second-order valence-corrected chi connectivity index (χ2v) is 4.40. The van der Waals surface area contributed by atoms with Gasteiger partial charge >= 0.3 is 0 Å². The minimum atomic E-state index is 0.0439. The lowest BCUT2D eigenvalue weighted by atomic mass is 9.98. The summed E-state index contributed by atoms with van der Waals surface area (Å²) in [5.74, 6) is 0.0439. The minimum absolute atomic E-state index is 0.0439.